The maximum atomic E-state index is 12.0. The Morgan fingerprint density at radius 1 is 1.30 bits per heavy atom. The number of benzene rings is 1. The highest BCUT2D eigenvalue weighted by atomic mass is 35.5. The van der Waals surface area contributed by atoms with Gasteiger partial charge in [0.05, 0.1) is 6.04 Å². The maximum Gasteiger partial charge on any atom is 0.247 e. The molecule has 2 amide bonds. The zero-order valence-electron chi connectivity index (χ0n) is 11.8. The van der Waals surface area contributed by atoms with Gasteiger partial charge in [0.15, 0.2) is 0 Å². The van der Waals surface area contributed by atoms with E-state index in [1.807, 2.05) is 13.0 Å². The lowest BCUT2D eigenvalue weighted by molar-refractivity contribution is -0.132. The maximum absolute atomic E-state index is 12.0. The summed E-state index contributed by atoms with van der Waals surface area (Å²) in [6.07, 6.45) is 1.36. The van der Waals surface area contributed by atoms with Crippen LogP contribution in [0.4, 0.5) is 0 Å². The van der Waals surface area contributed by atoms with E-state index in [-0.39, 0.29) is 18.3 Å². The van der Waals surface area contributed by atoms with Crippen LogP contribution in [0.5, 0.6) is 0 Å². The fourth-order valence-corrected chi connectivity index (χ4v) is 1.83. The van der Waals surface area contributed by atoms with Gasteiger partial charge in [0.1, 0.15) is 5.54 Å². The van der Waals surface area contributed by atoms with Crippen molar-refractivity contribution in [1.29, 1.82) is 0 Å². The van der Waals surface area contributed by atoms with E-state index in [2.05, 4.69) is 5.32 Å². The molecule has 1 aromatic rings. The normalized spacial score (nSPS) is 14.6. The minimum Gasteiger partial charge on any atom is -0.367 e. The minimum atomic E-state index is -1.25. The smallest absolute Gasteiger partial charge is 0.247 e. The number of primary amides is 1. The van der Waals surface area contributed by atoms with Crippen molar-refractivity contribution < 1.29 is 9.59 Å². The average Bonchev–Trinajstić information content (AvgIpc) is 2.39. The van der Waals surface area contributed by atoms with Crippen LogP contribution in [-0.4, -0.2) is 17.9 Å². The largest absolute Gasteiger partial charge is 0.367 e. The molecule has 0 saturated carbocycles. The predicted octanol–water partition coefficient (Wildman–Crippen LogP) is 1.05. The molecule has 1 aromatic carbocycles. The zero-order valence-corrected chi connectivity index (χ0v) is 12.6. The van der Waals surface area contributed by atoms with E-state index in [1.54, 1.807) is 31.2 Å². The summed E-state index contributed by atoms with van der Waals surface area (Å²) in [5, 5.41) is 2.66. The second-order valence-electron chi connectivity index (χ2n) is 4.74. The molecule has 5 N–H and O–H groups in total. The molecule has 2 atom stereocenters. The molecule has 1 rings (SSSR count). The Morgan fingerprint density at radius 3 is 2.30 bits per heavy atom. The Hall–Kier alpha value is -1.59. The summed E-state index contributed by atoms with van der Waals surface area (Å²) in [4.78, 5) is 23.7. The quantitative estimate of drug-likeness (QED) is 0.732. The average molecular weight is 300 g/mol. The van der Waals surface area contributed by atoms with Crippen molar-refractivity contribution in [3.8, 4) is 0 Å². The third-order valence-electron chi connectivity index (χ3n) is 3.15. The lowest BCUT2D eigenvalue weighted by Crippen LogP contribution is -2.56. The van der Waals surface area contributed by atoms with Gasteiger partial charge in [-0.3, -0.25) is 9.59 Å². The number of hydrogen-bond acceptors (Lipinski definition) is 3. The van der Waals surface area contributed by atoms with Crippen LogP contribution in [0.2, 0.25) is 0 Å². The molecule has 0 aromatic heterocycles. The molecule has 0 bridgehead atoms. The number of nitrogens with one attached hydrogen (secondary N) is 1. The summed E-state index contributed by atoms with van der Waals surface area (Å²) in [7, 11) is 0. The molecule has 0 spiro atoms. The van der Waals surface area contributed by atoms with Crippen LogP contribution >= 0.6 is 12.4 Å². The van der Waals surface area contributed by atoms with Crippen LogP contribution in [-0.2, 0) is 15.1 Å². The fourth-order valence-electron chi connectivity index (χ4n) is 1.83. The van der Waals surface area contributed by atoms with Crippen LogP contribution in [0.1, 0.15) is 32.3 Å². The molecule has 2 unspecified atom stereocenters. The van der Waals surface area contributed by atoms with Gasteiger partial charge in [0.25, 0.3) is 0 Å². The van der Waals surface area contributed by atoms with Crippen molar-refractivity contribution in [1.82, 2.24) is 5.32 Å². The first-order chi connectivity index (χ1) is 8.91. The van der Waals surface area contributed by atoms with E-state index in [9.17, 15) is 9.59 Å². The molecule has 5 nitrogen and oxygen atoms in total. The third kappa shape index (κ3) is 4.21. The molecular weight excluding hydrogens is 278 g/mol. The highest BCUT2D eigenvalue weighted by Crippen LogP contribution is 2.20. The predicted molar refractivity (Wildman–Crippen MR) is 81.3 cm³/mol. The van der Waals surface area contributed by atoms with E-state index >= 15 is 0 Å². The van der Waals surface area contributed by atoms with Crippen molar-refractivity contribution in [2.24, 2.45) is 11.5 Å². The van der Waals surface area contributed by atoms with Gasteiger partial charge in [-0.05, 0) is 18.9 Å². The van der Waals surface area contributed by atoms with Crippen LogP contribution in [0.15, 0.2) is 30.3 Å². The number of amides is 2. The fraction of sp³-hybridized carbons (Fsp3) is 0.429. The molecule has 0 radical (unpaired) electrons. The first-order valence-electron chi connectivity index (χ1n) is 6.34. The number of carbonyl (C=O) groups is 2. The van der Waals surface area contributed by atoms with E-state index in [0.29, 0.717) is 12.0 Å². The van der Waals surface area contributed by atoms with E-state index in [4.69, 9.17) is 11.5 Å². The highest BCUT2D eigenvalue weighted by Gasteiger charge is 2.35. The highest BCUT2D eigenvalue weighted by molar-refractivity contribution is 5.92. The summed E-state index contributed by atoms with van der Waals surface area (Å²) in [6.45, 7) is 3.53. The molecule has 20 heavy (non-hydrogen) atoms. The Bertz CT molecular complexity index is 453. The summed E-state index contributed by atoms with van der Waals surface area (Å²) in [5.41, 5.74) is 10.6. The van der Waals surface area contributed by atoms with Crippen molar-refractivity contribution >= 4 is 24.2 Å². The first-order valence-corrected chi connectivity index (χ1v) is 6.34. The molecule has 0 saturated heterocycles. The Balaban J connectivity index is 0.00000361. The molecule has 112 valence electrons. The van der Waals surface area contributed by atoms with Gasteiger partial charge in [0.2, 0.25) is 11.8 Å². The molecule has 0 aliphatic carbocycles. The third-order valence-corrected chi connectivity index (χ3v) is 3.15. The summed E-state index contributed by atoms with van der Waals surface area (Å²) in [5.74, 6) is -0.984. The molecule has 0 aliphatic rings. The van der Waals surface area contributed by atoms with E-state index in [0.717, 1.165) is 6.42 Å². The summed E-state index contributed by atoms with van der Waals surface area (Å²) >= 11 is 0. The van der Waals surface area contributed by atoms with Gasteiger partial charge in [0, 0.05) is 0 Å². The Kier molecular flexibility index (Phi) is 7.24. The van der Waals surface area contributed by atoms with Crippen LogP contribution < -0.4 is 16.8 Å². The molecule has 6 heteroatoms. The first kappa shape index (κ1) is 18.4. The Labute approximate surface area is 125 Å². The Morgan fingerprint density at radius 2 is 1.85 bits per heavy atom. The lowest BCUT2D eigenvalue weighted by Gasteiger charge is -2.29. The van der Waals surface area contributed by atoms with Crippen LogP contribution in [0.25, 0.3) is 0 Å². The monoisotopic (exact) mass is 299 g/mol. The number of nitrogens with two attached hydrogens (primary N) is 2. The number of rotatable bonds is 6. The van der Waals surface area contributed by atoms with Crippen molar-refractivity contribution in [2.45, 2.75) is 38.3 Å². The van der Waals surface area contributed by atoms with Crippen LogP contribution in [0.3, 0.4) is 0 Å². The summed E-state index contributed by atoms with van der Waals surface area (Å²) < 4.78 is 0. The molecular formula is C14H22ClN3O2. The van der Waals surface area contributed by atoms with Crippen molar-refractivity contribution in [3.05, 3.63) is 35.9 Å². The second-order valence-corrected chi connectivity index (χ2v) is 4.74. The van der Waals surface area contributed by atoms with Gasteiger partial charge in [-0.15, -0.1) is 12.4 Å². The number of halogens is 1. The van der Waals surface area contributed by atoms with Crippen molar-refractivity contribution in [3.63, 3.8) is 0 Å². The lowest BCUT2D eigenvalue weighted by atomic mass is 9.90. The SMILES string of the molecule is CCCC(N)C(=O)NC(C)(C(N)=O)c1ccccc1.Cl. The summed E-state index contributed by atoms with van der Waals surface area (Å²) in [6, 6.07) is 8.26. The van der Waals surface area contributed by atoms with Crippen molar-refractivity contribution in [2.75, 3.05) is 0 Å². The van der Waals surface area contributed by atoms with Gasteiger partial charge in [-0.25, -0.2) is 0 Å². The molecule has 0 heterocycles. The second kappa shape index (κ2) is 7.87. The number of hydrogen-bond donors (Lipinski definition) is 3. The topological polar surface area (TPSA) is 98.2 Å². The van der Waals surface area contributed by atoms with Crippen LogP contribution in [0, 0.1) is 0 Å². The zero-order chi connectivity index (χ0) is 14.5. The van der Waals surface area contributed by atoms with Gasteiger partial charge < -0.3 is 16.8 Å². The van der Waals surface area contributed by atoms with E-state index in [1.165, 1.54) is 0 Å². The molecule has 0 fully saturated rings. The van der Waals surface area contributed by atoms with Gasteiger partial charge >= 0.3 is 0 Å². The number of carbonyl (C=O) groups excluding carboxylic acids is 2. The van der Waals surface area contributed by atoms with Gasteiger partial charge in [-0.1, -0.05) is 43.7 Å². The van der Waals surface area contributed by atoms with E-state index < -0.39 is 17.5 Å². The standard InChI is InChI=1S/C14H21N3O2.ClH/c1-3-7-11(15)12(18)17-14(2,13(16)19)10-8-5-4-6-9-10;/h4-6,8-9,11H,3,7,15H2,1-2H3,(H2,16,19)(H,17,18);1H. The van der Waals surface area contributed by atoms with Gasteiger partial charge in [-0.2, -0.15) is 0 Å². The minimum absolute atomic E-state index is 0. The molecule has 0 aliphatic heterocycles.